The van der Waals surface area contributed by atoms with Crippen molar-refractivity contribution in [2.75, 3.05) is 20.1 Å². The Labute approximate surface area is 102 Å². The predicted octanol–water partition coefficient (Wildman–Crippen LogP) is 3.05. The first-order chi connectivity index (χ1) is 7.81. The fraction of sp³-hybridized carbons (Fsp3) is 0.571. The van der Waals surface area contributed by atoms with Gasteiger partial charge in [-0.3, -0.25) is 0 Å². The molecule has 0 amide bonds. The molecule has 1 fully saturated rings. The molecule has 1 aromatic carbocycles. The largest absolute Gasteiger partial charge is 0.305 e. The van der Waals surface area contributed by atoms with Crippen LogP contribution in [0.1, 0.15) is 18.4 Å². The lowest BCUT2D eigenvalue weighted by Crippen LogP contribution is -2.28. The first-order valence-electron chi connectivity index (χ1n) is 6.24. The minimum absolute atomic E-state index is 0.779. The first kappa shape index (κ1) is 10.7. The van der Waals surface area contributed by atoms with E-state index in [2.05, 4.69) is 48.0 Å². The van der Waals surface area contributed by atoms with Gasteiger partial charge in [-0.25, -0.2) is 0 Å². The van der Waals surface area contributed by atoms with E-state index in [0.29, 0.717) is 0 Å². The summed E-state index contributed by atoms with van der Waals surface area (Å²) in [4.78, 5) is 4.04. The van der Waals surface area contributed by atoms with E-state index in [1.807, 2.05) is 0 Å². The fourth-order valence-corrected chi connectivity index (χ4v) is 3.93. The first-order valence-corrected chi connectivity index (χ1v) is 7.12. The van der Waals surface area contributed by atoms with Crippen molar-refractivity contribution in [3.05, 3.63) is 29.8 Å². The van der Waals surface area contributed by atoms with Crippen LogP contribution in [-0.4, -0.2) is 30.3 Å². The highest BCUT2D eigenvalue weighted by molar-refractivity contribution is 8.00. The summed E-state index contributed by atoms with van der Waals surface area (Å²) >= 11 is 2.07. The third kappa shape index (κ3) is 2.44. The van der Waals surface area contributed by atoms with Gasteiger partial charge < -0.3 is 4.90 Å². The lowest BCUT2D eigenvalue weighted by molar-refractivity contribution is 0.321. The van der Waals surface area contributed by atoms with Gasteiger partial charge in [-0.2, -0.15) is 0 Å². The molecule has 1 heterocycles. The van der Waals surface area contributed by atoms with Gasteiger partial charge in [0.05, 0.1) is 0 Å². The fourth-order valence-electron chi connectivity index (χ4n) is 2.52. The molecule has 0 saturated heterocycles. The Morgan fingerprint density at radius 2 is 2.06 bits per heavy atom. The maximum absolute atomic E-state index is 2.53. The zero-order valence-corrected chi connectivity index (χ0v) is 10.7. The summed E-state index contributed by atoms with van der Waals surface area (Å²) in [5.41, 5.74) is 1.55. The van der Waals surface area contributed by atoms with E-state index in [4.69, 9.17) is 0 Å². The Hall–Kier alpha value is -0.470. The minimum atomic E-state index is 0.779. The predicted molar refractivity (Wildman–Crippen MR) is 70.0 cm³/mol. The average Bonchev–Trinajstić information content (AvgIpc) is 2.97. The van der Waals surface area contributed by atoms with Gasteiger partial charge >= 0.3 is 0 Å². The molecule has 1 saturated carbocycles. The van der Waals surface area contributed by atoms with Crippen LogP contribution in [0.2, 0.25) is 0 Å². The SMILES string of the molecule is CN(CC1CC1)CC1Cc2ccccc2S1. The van der Waals surface area contributed by atoms with E-state index in [0.717, 1.165) is 11.2 Å². The highest BCUT2D eigenvalue weighted by atomic mass is 32.2. The molecule has 2 heteroatoms. The lowest BCUT2D eigenvalue weighted by Gasteiger charge is -2.19. The van der Waals surface area contributed by atoms with Crippen molar-refractivity contribution in [2.45, 2.75) is 29.4 Å². The van der Waals surface area contributed by atoms with Crippen molar-refractivity contribution in [1.82, 2.24) is 4.90 Å². The molecule has 0 N–H and O–H groups in total. The summed E-state index contributed by atoms with van der Waals surface area (Å²) in [6.07, 6.45) is 4.18. The molecule has 1 aliphatic heterocycles. The number of hydrogen-bond donors (Lipinski definition) is 0. The molecule has 0 aromatic heterocycles. The third-order valence-electron chi connectivity index (χ3n) is 3.50. The molecule has 0 bridgehead atoms. The lowest BCUT2D eigenvalue weighted by atomic mass is 10.1. The molecule has 2 aliphatic rings. The van der Waals surface area contributed by atoms with Crippen molar-refractivity contribution >= 4 is 11.8 Å². The summed E-state index contributed by atoms with van der Waals surface area (Å²) in [6.45, 7) is 2.56. The number of hydrogen-bond acceptors (Lipinski definition) is 2. The maximum atomic E-state index is 2.53. The molecule has 3 rings (SSSR count). The molecule has 16 heavy (non-hydrogen) atoms. The van der Waals surface area contributed by atoms with Gasteiger partial charge in [-0.05, 0) is 43.9 Å². The van der Waals surface area contributed by atoms with Gasteiger partial charge in [-0.15, -0.1) is 11.8 Å². The maximum Gasteiger partial charge on any atom is 0.0263 e. The van der Waals surface area contributed by atoms with Crippen LogP contribution in [0.3, 0.4) is 0 Å². The van der Waals surface area contributed by atoms with E-state index in [-0.39, 0.29) is 0 Å². The standard InChI is InChI=1S/C14H19NS/c1-15(9-11-6-7-11)10-13-8-12-4-2-3-5-14(12)16-13/h2-5,11,13H,6-10H2,1H3. The van der Waals surface area contributed by atoms with Gasteiger partial charge in [0.15, 0.2) is 0 Å². The van der Waals surface area contributed by atoms with Crippen molar-refractivity contribution < 1.29 is 0 Å². The molecule has 1 aromatic rings. The zero-order valence-electron chi connectivity index (χ0n) is 9.86. The monoisotopic (exact) mass is 233 g/mol. The highest BCUT2D eigenvalue weighted by Crippen LogP contribution is 2.37. The van der Waals surface area contributed by atoms with Crippen molar-refractivity contribution in [3.63, 3.8) is 0 Å². The molecule has 0 spiro atoms. The van der Waals surface area contributed by atoms with Gasteiger partial charge in [0.25, 0.3) is 0 Å². The quantitative estimate of drug-likeness (QED) is 0.786. The molecular weight excluding hydrogens is 214 g/mol. The number of thioether (sulfide) groups is 1. The number of nitrogens with zero attached hydrogens (tertiary/aromatic N) is 1. The molecule has 0 radical (unpaired) electrons. The number of fused-ring (bicyclic) bond motifs is 1. The molecule has 1 nitrogen and oxygen atoms in total. The molecule has 1 aliphatic carbocycles. The molecule has 1 atom stereocenters. The van der Waals surface area contributed by atoms with Crippen LogP contribution in [-0.2, 0) is 6.42 Å². The van der Waals surface area contributed by atoms with Crippen LogP contribution in [0.25, 0.3) is 0 Å². The zero-order chi connectivity index (χ0) is 11.0. The normalized spacial score (nSPS) is 23.8. The van der Waals surface area contributed by atoms with Crippen LogP contribution in [0.4, 0.5) is 0 Å². The van der Waals surface area contributed by atoms with Crippen LogP contribution >= 0.6 is 11.8 Å². The van der Waals surface area contributed by atoms with Gasteiger partial charge in [0.2, 0.25) is 0 Å². The number of benzene rings is 1. The van der Waals surface area contributed by atoms with E-state index >= 15 is 0 Å². The van der Waals surface area contributed by atoms with E-state index < -0.39 is 0 Å². The van der Waals surface area contributed by atoms with Crippen LogP contribution < -0.4 is 0 Å². The summed E-state index contributed by atoms with van der Waals surface area (Å²) in [7, 11) is 2.28. The Balaban J connectivity index is 1.54. The van der Waals surface area contributed by atoms with Gasteiger partial charge in [0.1, 0.15) is 0 Å². The summed E-state index contributed by atoms with van der Waals surface area (Å²) in [5, 5.41) is 0.779. The second kappa shape index (κ2) is 4.42. The van der Waals surface area contributed by atoms with Crippen molar-refractivity contribution in [2.24, 2.45) is 5.92 Å². The van der Waals surface area contributed by atoms with E-state index in [1.165, 1.54) is 37.2 Å². The molecular formula is C14H19NS. The summed E-state index contributed by atoms with van der Waals surface area (Å²) in [5.74, 6) is 1.01. The minimum Gasteiger partial charge on any atom is -0.305 e. The second-order valence-corrected chi connectivity index (χ2v) is 6.56. The van der Waals surface area contributed by atoms with Crippen LogP contribution in [0.15, 0.2) is 29.2 Å². The topological polar surface area (TPSA) is 3.24 Å². The second-order valence-electron chi connectivity index (χ2n) is 5.22. The third-order valence-corrected chi connectivity index (χ3v) is 4.80. The van der Waals surface area contributed by atoms with Crippen LogP contribution in [0.5, 0.6) is 0 Å². The Bertz CT molecular complexity index is 348. The smallest absolute Gasteiger partial charge is 0.0263 e. The van der Waals surface area contributed by atoms with E-state index in [1.54, 1.807) is 5.56 Å². The van der Waals surface area contributed by atoms with Gasteiger partial charge in [-0.1, -0.05) is 18.2 Å². The molecule has 86 valence electrons. The van der Waals surface area contributed by atoms with Crippen molar-refractivity contribution in [3.8, 4) is 0 Å². The highest BCUT2D eigenvalue weighted by Gasteiger charge is 2.26. The van der Waals surface area contributed by atoms with E-state index in [9.17, 15) is 0 Å². The summed E-state index contributed by atoms with van der Waals surface area (Å²) in [6, 6.07) is 8.86. The Morgan fingerprint density at radius 1 is 1.25 bits per heavy atom. The van der Waals surface area contributed by atoms with Crippen LogP contribution in [0, 0.1) is 5.92 Å². The molecule has 1 unspecified atom stereocenters. The van der Waals surface area contributed by atoms with Gasteiger partial charge in [0, 0.05) is 23.2 Å². The Kier molecular flexibility index (Phi) is 2.95. The summed E-state index contributed by atoms with van der Waals surface area (Å²) < 4.78 is 0. The Morgan fingerprint density at radius 3 is 2.81 bits per heavy atom. The average molecular weight is 233 g/mol. The van der Waals surface area contributed by atoms with Crippen molar-refractivity contribution in [1.29, 1.82) is 0 Å². The number of rotatable bonds is 4.